The lowest BCUT2D eigenvalue weighted by Gasteiger charge is -2.23. The largest absolute Gasteiger partial charge is 0.337 e. The van der Waals surface area contributed by atoms with Crippen molar-refractivity contribution in [2.75, 3.05) is 31.5 Å². The van der Waals surface area contributed by atoms with Crippen molar-refractivity contribution >= 4 is 17.6 Å². The summed E-state index contributed by atoms with van der Waals surface area (Å²) in [7, 11) is 0. The van der Waals surface area contributed by atoms with Gasteiger partial charge >= 0.3 is 6.03 Å². The standard InChI is InChI=1S/C20H25N5O2/c1-3-16-7-4-6-15(2)18(16)23-20(27)25-9-5-8-24(10-11-25)19(26)17-12-21-14-22-13-17/h4,6-7,12-14H,3,5,8-11H2,1-2H3,(H,23,27). The fraction of sp³-hybridized carbons (Fsp3) is 0.400. The third kappa shape index (κ3) is 4.42. The molecule has 7 nitrogen and oxygen atoms in total. The Morgan fingerprint density at radius 1 is 1.07 bits per heavy atom. The molecule has 2 aromatic rings. The van der Waals surface area contributed by atoms with Gasteiger partial charge in [0, 0.05) is 44.3 Å². The van der Waals surface area contributed by atoms with Gasteiger partial charge in [-0.05, 0) is 30.9 Å². The van der Waals surface area contributed by atoms with E-state index in [-0.39, 0.29) is 11.9 Å². The maximum absolute atomic E-state index is 12.8. The molecule has 0 unspecified atom stereocenters. The first-order chi connectivity index (χ1) is 13.1. The van der Waals surface area contributed by atoms with Gasteiger partial charge in [-0.1, -0.05) is 25.1 Å². The Morgan fingerprint density at radius 2 is 1.78 bits per heavy atom. The van der Waals surface area contributed by atoms with Gasteiger partial charge in [-0.2, -0.15) is 0 Å². The van der Waals surface area contributed by atoms with Crippen molar-refractivity contribution in [3.8, 4) is 0 Å². The van der Waals surface area contributed by atoms with E-state index in [0.717, 1.165) is 29.7 Å². The lowest BCUT2D eigenvalue weighted by molar-refractivity contribution is 0.0762. The van der Waals surface area contributed by atoms with Gasteiger partial charge in [-0.15, -0.1) is 0 Å². The van der Waals surface area contributed by atoms with Crippen molar-refractivity contribution in [2.45, 2.75) is 26.7 Å². The number of rotatable bonds is 3. The van der Waals surface area contributed by atoms with E-state index in [9.17, 15) is 9.59 Å². The van der Waals surface area contributed by atoms with Crippen LogP contribution in [0.4, 0.5) is 10.5 Å². The number of hydrogen-bond acceptors (Lipinski definition) is 4. The zero-order chi connectivity index (χ0) is 19.2. The van der Waals surface area contributed by atoms with Crippen molar-refractivity contribution in [2.24, 2.45) is 0 Å². The molecule has 1 aromatic carbocycles. The molecule has 0 aliphatic carbocycles. The van der Waals surface area contributed by atoms with Crippen LogP contribution in [0.2, 0.25) is 0 Å². The molecule has 7 heteroatoms. The molecule has 27 heavy (non-hydrogen) atoms. The summed E-state index contributed by atoms with van der Waals surface area (Å²) in [6, 6.07) is 5.93. The number of aryl methyl sites for hydroxylation is 2. The van der Waals surface area contributed by atoms with Gasteiger partial charge in [0.2, 0.25) is 0 Å². The summed E-state index contributed by atoms with van der Waals surface area (Å²) in [6.45, 7) is 6.30. The Bertz CT molecular complexity index is 809. The van der Waals surface area contributed by atoms with E-state index in [1.807, 2.05) is 25.1 Å². The smallest absolute Gasteiger partial charge is 0.321 e. The van der Waals surface area contributed by atoms with Gasteiger partial charge in [0.15, 0.2) is 0 Å². The monoisotopic (exact) mass is 367 g/mol. The third-order valence-corrected chi connectivity index (χ3v) is 4.85. The minimum atomic E-state index is -0.114. The molecule has 0 bridgehead atoms. The van der Waals surface area contributed by atoms with E-state index in [1.165, 1.54) is 18.7 Å². The average molecular weight is 367 g/mol. The van der Waals surface area contributed by atoms with Crippen molar-refractivity contribution < 1.29 is 9.59 Å². The zero-order valence-electron chi connectivity index (χ0n) is 15.8. The summed E-state index contributed by atoms with van der Waals surface area (Å²) in [5.74, 6) is -0.0926. The second-order valence-corrected chi connectivity index (χ2v) is 6.65. The van der Waals surface area contributed by atoms with Crippen LogP contribution in [-0.4, -0.2) is 57.9 Å². The van der Waals surface area contributed by atoms with Crippen LogP contribution in [0, 0.1) is 6.92 Å². The molecule has 1 fully saturated rings. The summed E-state index contributed by atoms with van der Waals surface area (Å²) in [6.07, 6.45) is 6.05. The van der Waals surface area contributed by atoms with Gasteiger partial charge in [0.1, 0.15) is 6.33 Å². The molecular weight excluding hydrogens is 342 g/mol. The van der Waals surface area contributed by atoms with E-state index >= 15 is 0 Å². The maximum Gasteiger partial charge on any atom is 0.321 e. The molecule has 1 aliphatic rings. The SMILES string of the molecule is CCc1cccc(C)c1NC(=O)N1CCCN(C(=O)c2cncnc2)CC1. The molecule has 1 aliphatic heterocycles. The van der Waals surface area contributed by atoms with E-state index in [2.05, 4.69) is 22.2 Å². The molecule has 0 spiro atoms. The number of nitrogens with one attached hydrogen (secondary N) is 1. The van der Waals surface area contributed by atoms with Gasteiger partial charge in [-0.3, -0.25) is 4.79 Å². The van der Waals surface area contributed by atoms with Crippen molar-refractivity contribution in [3.05, 3.63) is 53.6 Å². The van der Waals surface area contributed by atoms with Crippen LogP contribution in [0.5, 0.6) is 0 Å². The molecule has 1 saturated heterocycles. The van der Waals surface area contributed by atoms with Crippen molar-refractivity contribution in [3.63, 3.8) is 0 Å². The second-order valence-electron chi connectivity index (χ2n) is 6.65. The summed E-state index contributed by atoms with van der Waals surface area (Å²) in [5.41, 5.74) is 3.55. The van der Waals surface area contributed by atoms with Crippen LogP contribution in [0.15, 0.2) is 36.9 Å². The van der Waals surface area contributed by atoms with Crippen LogP contribution >= 0.6 is 0 Å². The highest BCUT2D eigenvalue weighted by molar-refractivity contribution is 5.94. The molecular formula is C20H25N5O2. The highest BCUT2D eigenvalue weighted by Gasteiger charge is 2.23. The van der Waals surface area contributed by atoms with Crippen LogP contribution in [-0.2, 0) is 6.42 Å². The fourth-order valence-corrected chi connectivity index (χ4v) is 3.30. The van der Waals surface area contributed by atoms with E-state index in [0.29, 0.717) is 31.7 Å². The van der Waals surface area contributed by atoms with E-state index in [1.54, 1.807) is 9.80 Å². The molecule has 142 valence electrons. The minimum Gasteiger partial charge on any atom is -0.337 e. The highest BCUT2D eigenvalue weighted by atomic mass is 16.2. The quantitative estimate of drug-likeness (QED) is 0.905. The molecule has 1 N–H and O–H groups in total. The van der Waals surface area contributed by atoms with E-state index < -0.39 is 0 Å². The number of para-hydroxylation sites is 1. The fourth-order valence-electron chi connectivity index (χ4n) is 3.30. The number of aromatic nitrogens is 2. The van der Waals surface area contributed by atoms with Crippen molar-refractivity contribution in [1.82, 2.24) is 19.8 Å². The van der Waals surface area contributed by atoms with Crippen LogP contribution < -0.4 is 5.32 Å². The maximum atomic E-state index is 12.8. The number of nitrogens with zero attached hydrogens (tertiary/aromatic N) is 4. The first-order valence-corrected chi connectivity index (χ1v) is 9.29. The first kappa shape index (κ1) is 18.8. The zero-order valence-corrected chi connectivity index (χ0v) is 15.8. The van der Waals surface area contributed by atoms with Crippen LogP contribution in [0.25, 0.3) is 0 Å². The summed E-state index contributed by atoms with van der Waals surface area (Å²) >= 11 is 0. The molecule has 0 radical (unpaired) electrons. The minimum absolute atomic E-state index is 0.0926. The Hall–Kier alpha value is -2.96. The Labute approximate surface area is 159 Å². The lowest BCUT2D eigenvalue weighted by atomic mass is 10.1. The van der Waals surface area contributed by atoms with Gasteiger partial charge in [0.25, 0.3) is 5.91 Å². The first-order valence-electron chi connectivity index (χ1n) is 9.29. The Kier molecular flexibility index (Phi) is 6.01. The highest BCUT2D eigenvalue weighted by Crippen LogP contribution is 2.22. The molecule has 3 amide bonds. The van der Waals surface area contributed by atoms with Gasteiger partial charge in [-0.25, -0.2) is 14.8 Å². The number of hydrogen-bond donors (Lipinski definition) is 1. The third-order valence-electron chi connectivity index (χ3n) is 4.85. The Morgan fingerprint density at radius 3 is 2.52 bits per heavy atom. The van der Waals surface area contributed by atoms with Crippen LogP contribution in [0.1, 0.15) is 34.8 Å². The van der Waals surface area contributed by atoms with Gasteiger partial charge in [0.05, 0.1) is 5.56 Å². The van der Waals surface area contributed by atoms with E-state index in [4.69, 9.17) is 0 Å². The summed E-state index contributed by atoms with van der Waals surface area (Å²) in [4.78, 5) is 36.7. The predicted molar refractivity (Wildman–Crippen MR) is 104 cm³/mol. The Balaban J connectivity index is 1.64. The number of anilines is 1. The number of benzene rings is 1. The number of carbonyl (C=O) groups is 2. The molecule has 0 saturated carbocycles. The second kappa shape index (κ2) is 8.62. The number of urea groups is 1. The van der Waals surface area contributed by atoms with Gasteiger partial charge < -0.3 is 15.1 Å². The predicted octanol–water partition coefficient (Wildman–Crippen LogP) is 2.73. The van der Waals surface area contributed by atoms with Crippen molar-refractivity contribution in [1.29, 1.82) is 0 Å². The number of amides is 3. The molecule has 3 rings (SSSR count). The molecule has 1 aromatic heterocycles. The topological polar surface area (TPSA) is 78.4 Å². The number of carbonyl (C=O) groups excluding carboxylic acids is 2. The molecule has 0 atom stereocenters. The summed E-state index contributed by atoms with van der Waals surface area (Å²) in [5, 5.41) is 3.07. The molecule has 2 heterocycles. The average Bonchev–Trinajstić information content (AvgIpc) is 2.96. The lowest BCUT2D eigenvalue weighted by Crippen LogP contribution is -2.39. The normalized spacial score (nSPS) is 14.6. The van der Waals surface area contributed by atoms with Crippen LogP contribution in [0.3, 0.4) is 0 Å². The summed E-state index contributed by atoms with van der Waals surface area (Å²) < 4.78 is 0.